The Bertz CT molecular complexity index is 516. The topological polar surface area (TPSA) is 8.17 Å². The van der Waals surface area contributed by atoms with Gasteiger partial charge in [0.15, 0.2) is 0 Å². The van der Waals surface area contributed by atoms with E-state index in [4.69, 9.17) is 0 Å². The first-order valence-corrected chi connectivity index (χ1v) is 5.57. The highest BCUT2D eigenvalue weighted by Gasteiger charge is 2.19. The van der Waals surface area contributed by atoms with E-state index in [0.717, 1.165) is 19.6 Å². The summed E-state index contributed by atoms with van der Waals surface area (Å²) in [7, 11) is 2.14. The zero-order chi connectivity index (χ0) is 10.4. The summed E-state index contributed by atoms with van der Waals surface area (Å²) in [6.07, 6.45) is 2.27. The molecule has 0 saturated carbocycles. The summed E-state index contributed by atoms with van der Waals surface area (Å²) in [5.41, 5.74) is 4.34. The minimum atomic E-state index is 0. The first kappa shape index (κ1) is 11.5. The van der Waals surface area contributed by atoms with E-state index in [2.05, 4.69) is 47.8 Å². The van der Waals surface area contributed by atoms with Gasteiger partial charge in [0.2, 0.25) is 0 Å². The normalized spacial score (nSPS) is 15.1. The highest BCUT2D eigenvalue weighted by Crippen LogP contribution is 2.30. The van der Waals surface area contributed by atoms with Crippen molar-refractivity contribution in [1.82, 2.24) is 9.47 Å². The third kappa shape index (κ3) is 1.53. The molecule has 1 aliphatic heterocycles. The summed E-state index contributed by atoms with van der Waals surface area (Å²) in [6.45, 7) is 5.56. The van der Waals surface area contributed by atoms with Gasteiger partial charge in [0.1, 0.15) is 0 Å². The summed E-state index contributed by atoms with van der Waals surface area (Å²) >= 11 is 0. The van der Waals surface area contributed by atoms with Gasteiger partial charge in [0, 0.05) is 37.2 Å². The van der Waals surface area contributed by atoms with Crippen LogP contribution in [0.2, 0.25) is 0 Å². The maximum absolute atomic E-state index is 2.48. The second-order valence-electron chi connectivity index (χ2n) is 4.38. The number of nitrogens with zero attached hydrogens (tertiary/aromatic N) is 2. The van der Waals surface area contributed by atoms with E-state index in [0.29, 0.717) is 0 Å². The quantitative estimate of drug-likeness (QED) is 0.739. The molecule has 1 aromatic heterocycles. The molecule has 0 radical (unpaired) electrons. The van der Waals surface area contributed by atoms with E-state index in [1.54, 1.807) is 0 Å². The van der Waals surface area contributed by atoms with E-state index < -0.39 is 0 Å². The van der Waals surface area contributed by atoms with Crippen molar-refractivity contribution in [1.29, 1.82) is 0 Å². The molecule has 0 atom stereocenters. The lowest BCUT2D eigenvalue weighted by Crippen LogP contribution is -2.25. The van der Waals surface area contributed by atoms with Crippen molar-refractivity contribution in [2.45, 2.75) is 20.0 Å². The average molecular weight is 237 g/mol. The number of benzene rings is 1. The molecule has 0 fully saturated rings. The maximum Gasteiger partial charge on any atom is 0.0484 e. The zero-order valence-corrected chi connectivity index (χ0v) is 10.5. The maximum atomic E-state index is 2.48. The number of hydrogen-bond acceptors (Lipinski definition) is 1. The molecule has 86 valence electrons. The second kappa shape index (κ2) is 4.11. The zero-order valence-electron chi connectivity index (χ0n) is 9.73. The third-order valence-electron chi connectivity index (χ3n) is 3.41. The van der Waals surface area contributed by atoms with Crippen molar-refractivity contribution in [2.24, 2.45) is 7.05 Å². The van der Waals surface area contributed by atoms with Gasteiger partial charge in [-0.3, -0.25) is 4.90 Å². The molecule has 1 aromatic carbocycles. The third-order valence-corrected chi connectivity index (χ3v) is 3.41. The van der Waals surface area contributed by atoms with E-state index in [9.17, 15) is 0 Å². The fraction of sp³-hybridized carbons (Fsp3) is 0.385. The van der Waals surface area contributed by atoms with Crippen LogP contribution >= 0.6 is 12.4 Å². The average Bonchev–Trinajstić information content (AvgIpc) is 2.58. The molecule has 0 bridgehead atoms. The van der Waals surface area contributed by atoms with Crippen LogP contribution in [-0.2, 0) is 20.1 Å². The molecule has 0 unspecified atom stereocenters. The summed E-state index contributed by atoms with van der Waals surface area (Å²) in [4.78, 5) is 2.48. The van der Waals surface area contributed by atoms with Gasteiger partial charge in [-0.15, -0.1) is 12.4 Å². The summed E-state index contributed by atoms with van der Waals surface area (Å²) in [5, 5.41) is 1.49. The van der Waals surface area contributed by atoms with Crippen LogP contribution in [0.3, 0.4) is 0 Å². The highest BCUT2D eigenvalue weighted by atomic mass is 35.5. The molecule has 0 spiro atoms. The van der Waals surface area contributed by atoms with Gasteiger partial charge in [-0.25, -0.2) is 0 Å². The molecular weight excluding hydrogens is 220 g/mol. The van der Waals surface area contributed by atoms with Crippen LogP contribution in [0.15, 0.2) is 24.4 Å². The van der Waals surface area contributed by atoms with Crippen LogP contribution in [0, 0.1) is 0 Å². The van der Waals surface area contributed by atoms with E-state index in [-0.39, 0.29) is 12.4 Å². The summed E-state index contributed by atoms with van der Waals surface area (Å²) in [5.74, 6) is 0. The molecule has 0 saturated heterocycles. The largest absolute Gasteiger partial charge is 0.350 e. The lowest BCUT2D eigenvalue weighted by molar-refractivity contribution is 0.267. The first-order chi connectivity index (χ1) is 7.29. The van der Waals surface area contributed by atoms with Crippen molar-refractivity contribution in [3.8, 4) is 0 Å². The van der Waals surface area contributed by atoms with Crippen LogP contribution in [0.4, 0.5) is 0 Å². The minimum absolute atomic E-state index is 0. The number of hydrogen-bond donors (Lipinski definition) is 0. The second-order valence-corrected chi connectivity index (χ2v) is 4.38. The monoisotopic (exact) mass is 236 g/mol. The predicted octanol–water partition coefficient (Wildman–Crippen LogP) is 2.94. The van der Waals surface area contributed by atoms with Crippen molar-refractivity contribution in [2.75, 3.05) is 6.54 Å². The number of rotatable bonds is 1. The predicted molar refractivity (Wildman–Crippen MR) is 70.0 cm³/mol. The highest BCUT2D eigenvalue weighted by molar-refractivity contribution is 5.87. The fourth-order valence-electron chi connectivity index (χ4n) is 2.63. The van der Waals surface area contributed by atoms with Gasteiger partial charge in [-0.05, 0) is 23.7 Å². The van der Waals surface area contributed by atoms with Gasteiger partial charge < -0.3 is 4.57 Å². The number of aryl methyl sites for hydroxylation is 1. The van der Waals surface area contributed by atoms with Crippen molar-refractivity contribution in [3.63, 3.8) is 0 Å². The van der Waals surface area contributed by atoms with E-state index >= 15 is 0 Å². The Labute approximate surface area is 102 Å². The van der Waals surface area contributed by atoms with E-state index in [1.807, 2.05) is 0 Å². The lowest BCUT2D eigenvalue weighted by Gasteiger charge is -2.25. The Kier molecular flexibility index (Phi) is 2.96. The summed E-state index contributed by atoms with van der Waals surface area (Å²) < 4.78 is 2.24. The molecule has 2 heterocycles. The molecule has 0 N–H and O–H groups in total. The molecule has 16 heavy (non-hydrogen) atoms. The van der Waals surface area contributed by atoms with Crippen LogP contribution in [0.25, 0.3) is 10.9 Å². The van der Waals surface area contributed by atoms with Crippen LogP contribution in [0.1, 0.15) is 18.1 Å². The molecule has 0 aliphatic carbocycles. The van der Waals surface area contributed by atoms with Crippen molar-refractivity contribution >= 4 is 23.3 Å². The Morgan fingerprint density at radius 3 is 2.69 bits per heavy atom. The minimum Gasteiger partial charge on any atom is -0.350 e. The standard InChI is InChI=1S/C13H16N2.ClH/c1-3-15-8-10-5-4-6-12-13(10)11(9-15)7-14(12)2;/h4-7H,3,8-9H2,1-2H3;1H. The lowest BCUT2D eigenvalue weighted by atomic mass is 10.0. The van der Waals surface area contributed by atoms with Crippen molar-refractivity contribution < 1.29 is 0 Å². The number of aromatic nitrogens is 1. The smallest absolute Gasteiger partial charge is 0.0484 e. The Morgan fingerprint density at radius 1 is 1.19 bits per heavy atom. The van der Waals surface area contributed by atoms with Crippen LogP contribution in [0.5, 0.6) is 0 Å². The number of halogens is 1. The Morgan fingerprint density at radius 2 is 1.94 bits per heavy atom. The Balaban J connectivity index is 0.000000963. The van der Waals surface area contributed by atoms with Crippen LogP contribution in [-0.4, -0.2) is 16.0 Å². The SMILES string of the molecule is CCN1Cc2cccc3c2c(cn3C)C1.Cl. The van der Waals surface area contributed by atoms with Gasteiger partial charge in [0.05, 0.1) is 0 Å². The van der Waals surface area contributed by atoms with Gasteiger partial charge >= 0.3 is 0 Å². The molecule has 3 heteroatoms. The first-order valence-electron chi connectivity index (χ1n) is 5.57. The van der Waals surface area contributed by atoms with E-state index in [1.165, 1.54) is 22.0 Å². The molecule has 0 amide bonds. The van der Waals surface area contributed by atoms with Crippen molar-refractivity contribution in [3.05, 3.63) is 35.5 Å². The van der Waals surface area contributed by atoms with Gasteiger partial charge in [-0.1, -0.05) is 19.1 Å². The molecule has 3 rings (SSSR count). The Hall–Kier alpha value is -0.990. The van der Waals surface area contributed by atoms with Crippen LogP contribution < -0.4 is 0 Å². The molecular formula is C13H17ClN2. The van der Waals surface area contributed by atoms with Gasteiger partial charge in [0.25, 0.3) is 0 Å². The summed E-state index contributed by atoms with van der Waals surface area (Å²) in [6, 6.07) is 6.64. The molecule has 1 aliphatic rings. The molecule has 2 nitrogen and oxygen atoms in total. The van der Waals surface area contributed by atoms with Gasteiger partial charge in [-0.2, -0.15) is 0 Å². The fourth-order valence-corrected chi connectivity index (χ4v) is 2.63. The molecule has 2 aromatic rings.